The van der Waals surface area contributed by atoms with E-state index in [1.165, 1.54) is 17.0 Å². The number of halogens is 2. The van der Waals surface area contributed by atoms with Crippen molar-refractivity contribution in [2.45, 2.75) is 13.1 Å². The summed E-state index contributed by atoms with van der Waals surface area (Å²) in [5.41, 5.74) is 1.36. The molecule has 6 heteroatoms. The Hall–Kier alpha value is -2.66. The number of rotatable bonds is 6. The lowest BCUT2D eigenvalue weighted by molar-refractivity contribution is -0.116. The molecule has 0 radical (unpaired) electrons. The van der Waals surface area contributed by atoms with E-state index in [0.717, 1.165) is 6.08 Å². The molecule has 0 unspecified atom stereocenters. The third kappa shape index (κ3) is 4.67. The van der Waals surface area contributed by atoms with Crippen LogP contribution in [-0.2, 0) is 17.9 Å². The van der Waals surface area contributed by atoms with Gasteiger partial charge in [0.15, 0.2) is 0 Å². The van der Waals surface area contributed by atoms with E-state index >= 15 is 0 Å². The first kappa shape index (κ1) is 18.7. The van der Waals surface area contributed by atoms with Crippen LogP contribution in [0.5, 0.6) is 0 Å². The van der Waals surface area contributed by atoms with E-state index in [0.29, 0.717) is 11.1 Å². The number of benzene rings is 2. The molecule has 0 aromatic heterocycles. The van der Waals surface area contributed by atoms with Crippen LogP contribution in [0.15, 0.2) is 55.1 Å². The largest absolute Gasteiger partial charge is 0.348 e. The third-order valence-electron chi connectivity index (χ3n) is 3.69. The predicted octanol–water partition coefficient (Wildman–Crippen LogP) is 3.55. The van der Waals surface area contributed by atoms with Gasteiger partial charge in [0.1, 0.15) is 5.82 Å². The van der Waals surface area contributed by atoms with Crippen LogP contribution in [0.2, 0.25) is 5.02 Å². The molecule has 25 heavy (non-hydrogen) atoms. The molecule has 0 aliphatic heterocycles. The quantitative estimate of drug-likeness (QED) is 0.801. The standard InChI is InChI=1S/C19H18ClFN2O2/c1-3-18(24)22-11-13-7-4-5-8-14(13)19(25)23(2)12-15-16(20)9-6-10-17(15)21/h3-10H,1,11-12H2,2H3,(H,22,24). The van der Waals surface area contributed by atoms with Crippen molar-refractivity contribution in [3.8, 4) is 0 Å². The van der Waals surface area contributed by atoms with Gasteiger partial charge in [0.05, 0.1) is 0 Å². The molecule has 0 fully saturated rings. The Morgan fingerprint density at radius 1 is 1.24 bits per heavy atom. The van der Waals surface area contributed by atoms with Crippen LogP contribution < -0.4 is 5.32 Å². The number of carbonyl (C=O) groups excluding carboxylic acids is 2. The van der Waals surface area contributed by atoms with E-state index in [4.69, 9.17) is 11.6 Å². The SMILES string of the molecule is C=CC(=O)NCc1ccccc1C(=O)N(C)Cc1c(F)cccc1Cl. The second kappa shape index (κ2) is 8.44. The summed E-state index contributed by atoms with van der Waals surface area (Å²) >= 11 is 6.02. The number of carbonyl (C=O) groups is 2. The maximum Gasteiger partial charge on any atom is 0.254 e. The molecule has 0 bridgehead atoms. The highest BCUT2D eigenvalue weighted by molar-refractivity contribution is 6.31. The van der Waals surface area contributed by atoms with Gasteiger partial charge in [-0.1, -0.05) is 42.4 Å². The van der Waals surface area contributed by atoms with Gasteiger partial charge < -0.3 is 10.2 Å². The van der Waals surface area contributed by atoms with Gasteiger partial charge >= 0.3 is 0 Å². The Labute approximate surface area is 150 Å². The number of amides is 2. The van der Waals surface area contributed by atoms with Crippen molar-refractivity contribution in [2.24, 2.45) is 0 Å². The molecular weight excluding hydrogens is 343 g/mol. The molecule has 0 aliphatic carbocycles. The highest BCUT2D eigenvalue weighted by Crippen LogP contribution is 2.21. The number of hydrogen-bond acceptors (Lipinski definition) is 2. The van der Waals surface area contributed by atoms with E-state index in [-0.39, 0.29) is 35.5 Å². The predicted molar refractivity (Wildman–Crippen MR) is 95.7 cm³/mol. The summed E-state index contributed by atoms with van der Waals surface area (Å²) in [7, 11) is 1.57. The van der Waals surface area contributed by atoms with Gasteiger partial charge in [0.25, 0.3) is 5.91 Å². The van der Waals surface area contributed by atoms with Gasteiger partial charge in [-0.15, -0.1) is 0 Å². The molecule has 2 amide bonds. The Morgan fingerprint density at radius 3 is 2.64 bits per heavy atom. The minimum atomic E-state index is -0.460. The first-order chi connectivity index (χ1) is 11.9. The smallest absolute Gasteiger partial charge is 0.254 e. The topological polar surface area (TPSA) is 49.4 Å². The van der Waals surface area contributed by atoms with Crippen molar-refractivity contribution in [1.29, 1.82) is 0 Å². The lowest BCUT2D eigenvalue weighted by Crippen LogP contribution is -2.29. The van der Waals surface area contributed by atoms with Crippen molar-refractivity contribution >= 4 is 23.4 Å². The summed E-state index contributed by atoms with van der Waals surface area (Å²) < 4.78 is 13.9. The maximum atomic E-state index is 13.9. The zero-order valence-corrected chi connectivity index (χ0v) is 14.5. The third-order valence-corrected chi connectivity index (χ3v) is 4.04. The number of hydrogen-bond donors (Lipinski definition) is 1. The first-order valence-corrected chi connectivity index (χ1v) is 7.98. The molecular formula is C19H18ClFN2O2. The summed E-state index contributed by atoms with van der Waals surface area (Å²) in [6.07, 6.45) is 1.16. The van der Waals surface area contributed by atoms with E-state index in [1.807, 2.05) is 0 Å². The number of nitrogens with one attached hydrogen (secondary N) is 1. The molecule has 2 aromatic carbocycles. The van der Waals surface area contributed by atoms with Gasteiger partial charge in [-0.3, -0.25) is 9.59 Å². The van der Waals surface area contributed by atoms with Crippen LogP contribution in [0.3, 0.4) is 0 Å². The van der Waals surface area contributed by atoms with E-state index in [1.54, 1.807) is 37.4 Å². The molecule has 0 atom stereocenters. The zero-order chi connectivity index (χ0) is 18.4. The van der Waals surface area contributed by atoms with E-state index in [2.05, 4.69) is 11.9 Å². The summed E-state index contributed by atoms with van der Waals surface area (Å²) in [5.74, 6) is -1.07. The highest BCUT2D eigenvalue weighted by atomic mass is 35.5. The lowest BCUT2D eigenvalue weighted by Gasteiger charge is -2.20. The van der Waals surface area contributed by atoms with Crippen LogP contribution in [-0.4, -0.2) is 23.8 Å². The average Bonchev–Trinajstić information content (AvgIpc) is 2.62. The molecule has 0 saturated carbocycles. The van der Waals surface area contributed by atoms with Crippen LogP contribution in [0.25, 0.3) is 0 Å². The minimum Gasteiger partial charge on any atom is -0.348 e. The van der Waals surface area contributed by atoms with Gasteiger partial charge in [0, 0.05) is 36.3 Å². The Kier molecular flexibility index (Phi) is 6.31. The molecule has 0 aliphatic rings. The van der Waals surface area contributed by atoms with Gasteiger partial charge in [0.2, 0.25) is 5.91 Å². The van der Waals surface area contributed by atoms with Crippen LogP contribution in [0, 0.1) is 5.82 Å². The van der Waals surface area contributed by atoms with Gasteiger partial charge in [-0.25, -0.2) is 4.39 Å². The van der Waals surface area contributed by atoms with Gasteiger partial charge in [-0.05, 0) is 29.8 Å². The van der Waals surface area contributed by atoms with Crippen molar-refractivity contribution in [3.05, 3.63) is 82.6 Å². The maximum absolute atomic E-state index is 13.9. The van der Waals surface area contributed by atoms with Crippen LogP contribution in [0.4, 0.5) is 4.39 Å². The highest BCUT2D eigenvalue weighted by Gasteiger charge is 2.18. The molecule has 130 valence electrons. The normalized spacial score (nSPS) is 10.2. The van der Waals surface area contributed by atoms with Crippen LogP contribution in [0.1, 0.15) is 21.5 Å². The van der Waals surface area contributed by atoms with E-state index < -0.39 is 5.82 Å². The molecule has 1 N–H and O–H groups in total. The van der Waals surface area contributed by atoms with Crippen molar-refractivity contribution in [1.82, 2.24) is 10.2 Å². The van der Waals surface area contributed by atoms with Crippen LogP contribution >= 0.6 is 11.6 Å². The lowest BCUT2D eigenvalue weighted by atomic mass is 10.1. The fourth-order valence-electron chi connectivity index (χ4n) is 2.34. The summed E-state index contributed by atoms with van der Waals surface area (Å²) in [5, 5.41) is 2.91. The van der Waals surface area contributed by atoms with Crippen molar-refractivity contribution < 1.29 is 14.0 Å². The fourth-order valence-corrected chi connectivity index (χ4v) is 2.56. The van der Waals surface area contributed by atoms with Crippen molar-refractivity contribution in [3.63, 3.8) is 0 Å². The fraction of sp³-hybridized carbons (Fsp3) is 0.158. The monoisotopic (exact) mass is 360 g/mol. The summed E-state index contributed by atoms with van der Waals surface area (Å²) in [4.78, 5) is 25.5. The summed E-state index contributed by atoms with van der Waals surface area (Å²) in [6, 6.07) is 11.3. The molecule has 0 heterocycles. The molecule has 4 nitrogen and oxygen atoms in total. The molecule has 2 rings (SSSR count). The Balaban J connectivity index is 2.19. The Bertz CT molecular complexity index is 788. The van der Waals surface area contributed by atoms with E-state index in [9.17, 15) is 14.0 Å². The van der Waals surface area contributed by atoms with Crippen molar-refractivity contribution in [2.75, 3.05) is 7.05 Å². The molecule has 0 saturated heterocycles. The summed E-state index contributed by atoms with van der Waals surface area (Å²) in [6.45, 7) is 3.62. The number of nitrogens with zero attached hydrogens (tertiary/aromatic N) is 1. The molecule has 0 spiro atoms. The minimum absolute atomic E-state index is 0.0394. The average molecular weight is 361 g/mol. The Morgan fingerprint density at radius 2 is 1.96 bits per heavy atom. The zero-order valence-electron chi connectivity index (χ0n) is 13.8. The second-order valence-corrected chi connectivity index (χ2v) is 5.85. The van der Waals surface area contributed by atoms with Gasteiger partial charge in [-0.2, -0.15) is 0 Å². The molecule has 2 aromatic rings. The first-order valence-electron chi connectivity index (χ1n) is 7.60. The second-order valence-electron chi connectivity index (χ2n) is 5.44.